The van der Waals surface area contributed by atoms with Crippen LogP contribution in [-0.4, -0.2) is 26.2 Å². The minimum atomic E-state index is -0.296. The lowest BCUT2D eigenvalue weighted by molar-refractivity contribution is -0.183. The molecule has 0 aromatic rings. The summed E-state index contributed by atoms with van der Waals surface area (Å²) in [5, 5.41) is 0. The molecule has 4 fully saturated rings. The standard InChI is InChI=1S/C14H20O4/c1-17-12(15)11-9-3-8-4-10(11)7-14(5-8,6-9)13(16)18-2/h8-11H,3-7H2,1-2H3. The van der Waals surface area contributed by atoms with E-state index in [0.29, 0.717) is 17.8 Å². The van der Waals surface area contributed by atoms with E-state index in [-0.39, 0.29) is 23.3 Å². The summed E-state index contributed by atoms with van der Waals surface area (Å²) in [5.74, 6) is 1.12. The molecule has 2 atom stereocenters. The summed E-state index contributed by atoms with van der Waals surface area (Å²) in [6, 6.07) is 0. The number of rotatable bonds is 2. The van der Waals surface area contributed by atoms with Gasteiger partial charge in [-0.3, -0.25) is 9.59 Å². The van der Waals surface area contributed by atoms with Gasteiger partial charge in [-0.05, 0) is 49.9 Å². The minimum Gasteiger partial charge on any atom is -0.469 e. The molecule has 4 aliphatic carbocycles. The Kier molecular flexibility index (Phi) is 2.65. The number of ether oxygens (including phenoxy) is 2. The summed E-state index contributed by atoms with van der Waals surface area (Å²) in [7, 11) is 2.93. The SMILES string of the molecule is COC(=O)C1C2CC3CC1CC(C(=O)OC)(C3)C2. The van der Waals surface area contributed by atoms with Gasteiger partial charge in [-0.15, -0.1) is 0 Å². The molecule has 4 nitrogen and oxygen atoms in total. The fraction of sp³-hybridized carbons (Fsp3) is 0.857. The highest BCUT2D eigenvalue weighted by Gasteiger charge is 2.60. The van der Waals surface area contributed by atoms with Crippen molar-refractivity contribution in [1.29, 1.82) is 0 Å². The molecular formula is C14H20O4. The lowest BCUT2D eigenvalue weighted by Crippen LogP contribution is -2.56. The average molecular weight is 252 g/mol. The first kappa shape index (κ1) is 12.0. The monoisotopic (exact) mass is 252 g/mol. The summed E-state index contributed by atoms with van der Waals surface area (Å²) in [6.45, 7) is 0. The molecule has 4 rings (SSSR count). The maximum absolute atomic E-state index is 12.1. The Labute approximate surface area is 107 Å². The van der Waals surface area contributed by atoms with Crippen LogP contribution in [0.2, 0.25) is 0 Å². The Bertz CT molecular complexity index is 373. The highest BCUT2D eigenvalue weighted by molar-refractivity contribution is 5.79. The third-order valence-electron chi connectivity index (χ3n) is 5.36. The molecule has 4 saturated carbocycles. The zero-order valence-electron chi connectivity index (χ0n) is 11.0. The van der Waals surface area contributed by atoms with Crippen LogP contribution >= 0.6 is 0 Å². The van der Waals surface area contributed by atoms with E-state index >= 15 is 0 Å². The molecular weight excluding hydrogens is 232 g/mol. The first-order valence-electron chi connectivity index (χ1n) is 6.76. The van der Waals surface area contributed by atoms with E-state index in [9.17, 15) is 9.59 Å². The second-order valence-corrected chi connectivity index (χ2v) is 6.29. The number of carbonyl (C=O) groups excluding carboxylic acids is 2. The molecule has 0 radical (unpaired) electrons. The molecule has 0 saturated heterocycles. The quantitative estimate of drug-likeness (QED) is 0.703. The van der Waals surface area contributed by atoms with Crippen molar-refractivity contribution in [2.45, 2.75) is 32.1 Å². The summed E-state index contributed by atoms with van der Waals surface area (Å²) < 4.78 is 9.94. The van der Waals surface area contributed by atoms with Gasteiger partial charge in [0, 0.05) is 0 Å². The molecule has 0 aliphatic heterocycles. The van der Waals surface area contributed by atoms with E-state index in [4.69, 9.17) is 9.47 Å². The smallest absolute Gasteiger partial charge is 0.311 e. The number of esters is 2. The topological polar surface area (TPSA) is 52.6 Å². The molecule has 0 aromatic carbocycles. The molecule has 0 aromatic heterocycles. The summed E-state index contributed by atoms with van der Waals surface area (Å²) in [4.78, 5) is 24.0. The molecule has 4 heteroatoms. The lowest BCUT2D eigenvalue weighted by Gasteiger charge is -2.57. The lowest BCUT2D eigenvalue weighted by atomic mass is 9.46. The van der Waals surface area contributed by atoms with Crippen molar-refractivity contribution in [3.63, 3.8) is 0 Å². The van der Waals surface area contributed by atoms with Crippen LogP contribution in [0.5, 0.6) is 0 Å². The summed E-state index contributed by atoms with van der Waals surface area (Å²) in [5.41, 5.74) is -0.296. The first-order valence-corrected chi connectivity index (χ1v) is 6.76. The second-order valence-electron chi connectivity index (χ2n) is 6.29. The van der Waals surface area contributed by atoms with Gasteiger partial charge in [0.1, 0.15) is 0 Å². The molecule has 0 spiro atoms. The molecule has 18 heavy (non-hydrogen) atoms. The Morgan fingerprint density at radius 3 is 2.11 bits per heavy atom. The third kappa shape index (κ3) is 1.50. The van der Waals surface area contributed by atoms with Crippen molar-refractivity contribution in [2.24, 2.45) is 29.1 Å². The van der Waals surface area contributed by atoms with Crippen molar-refractivity contribution in [3.05, 3.63) is 0 Å². The maximum Gasteiger partial charge on any atom is 0.311 e. The van der Waals surface area contributed by atoms with E-state index in [2.05, 4.69) is 0 Å². The van der Waals surface area contributed by atoms with Crippen molar-refractivity contribution >= 4 is 11.9 Å². The van der Waals surface area contributed by atoms with E-state index < -0.39 is 0 Å². The Balaban J connectivity index is 1.88. The van der Waals surface area contributed by atoms with E-state index in [1.165, 1.54) is 14.2 Å². The van der Waals surface area contributed by atoms with Gasteiger partial charge in [-0.1, -0.05) is 0 Å². The van der Waals surface area contributed by atoms with Crippen molar-refractivity contribution < 1.29 is 19.1 Å². The van der Waals surface area contributed by atoms with Gasteiger partial charge in [0.15, 0.2) is 0 Å². The van der Waals surface area contributed by atoms with Crippen molar-refractivity contribution in [3.8, 4) is 0 Å². The molecule has 4 aliphatic rings. The molecule has 4 bridgehead atoms. The van der Waals surface area contributed by atoms with Crippen LogP contribution in [0.3, 0.4) is 0 Å². The van der Waals surface area contributed by atoms with Gasteiger partial charge in [0.25, 0.3) is 0 Å². The molecule has 100 valence electrons. The average Bonchev–Trinajstić information content (AvgIpc) is 2.36. The normalized spacial score (nSPS) is 44.8. The van der Waals surface area contributed by atoms with E-state index in [1.54, 1.807) is 0 Å². The zero-order valence-corrected chi connectivity index (χ0v) is 11.0. The van der Waals surface area contributed by atoms with Crippen LogP contribution < -0.4 is 0 Å². The van der Waals surface area contributed by atoms with Gasteiger partial charge >= 0.3 is 11.9 Å². The van der Waals surface area contributed by atoms with Crippen LogP contribution in [0.25, 0.3) is 0 Å². The Morgan fingerprint density at radius 2 is 1.61 bits per heavy atom. The van der Waals surface area contributed by atoms with Crippen LogP contribution in [0, 0.1) is 29.1 Å². The Morgan fingerprint density at radius 1 is 1.00 bits per heavy atom. The van der Waals surface area contributed by atoms with E-state index in [0.717, 1.165) is 32.1 Å². The predicted octanol–water partition coefficient (Wildman–Crippen LogP) is 1.77. The van der Waals surface area contributed by atoms with E-state index in [1.807, 2.05) is 0 Å². The number of methoxy groups -OCH3 is 2. The van der Waals surface area contributed by atoms with Crippen LogP contribution in [0.15, 0.2) is 0 Å². The number of hydrogen-bond donors (Lipinski definition) is 0. The predicted molar refractivity (Wildman–Crippen MR) is 63.5 cm³/mol. The minimum absolute atomic E-state index is 0.0179. The van der Waals surface area contributed by atoms with Gasteiger partial charge in [0.2, 0.25) is 0 Å². The molecule has 0 heterocycles. The van der Waals surface area contributed by atoms with Crippen molar-refractivity contribution in [1.82, 2.24) is 0 Å². The highest BCUT2D eigenvalue weighted by Crippen LogP contribution is 2.62. The molecule has 0 amide bonds. The fourth-order valence-corrected chi connectivity index (χ4v) is 5.01. The zero-order chi connectivity index (χ0) is 12.9. The Hall–Kier alpha value is -1.06. The number of carbonyl (C=O) groups is 2. The van der Waals surface area contributed by atoms with Gasteiger partial charge in [-0.2, -0.15) is 0 Å². The van der Waals surface area contributed by atoms with Gasteiger partial charge in [0.05, 0.1) is 25.6 Å². The fourth-order valence-electron chi connectivity index (χ4n) is 5.01. The molecule has 0 N–H and O–H groups in total. The summed E-state index contributed by atoms with van der Waals surface area (Å²) >= 11 is 0. The molecule has 2 unspecified atom stereocenters. The maximum atomic E-state index is 12.1. The first-order chi connectivity index (χ1) is 8.59. The third-order valence-corrected chi connectivity index (χ3v) is 5.36. The second kappa shape index (κ2) is 3.97. The number of hydrogen-bond acceptors (Lipinski definition) is 4. The van der Waals surface area contributed by atoms with Crippen LogP contribution in [0.4, 0.5) is 0 Å². The highest BCUT2D eigenvalue weighted by atomic mass is 16.5. The summed E-state index contributed by atoms with van der Waals surface area (Å²) in [6.07, 6.45) is 4.74. The van der Waals surface area contributed by atoms with Gasteiger partial charge < -0.3 is 9.47 Å². The van der Waals surface area contributed by atoms with Crippen LogP contribution in [-0.2, 0) is 19.1 Å². The van der Waals surface area contributed by atoms with Crippen molar-refractivity contribution in [2.75, 3.05) is 14.2 Å². The van der Waals surface area contributed by atoms with Crippen LogP contribution in [0.1, 0.15) is 32.1 Å². The largest absolute Gasteiger partial charge is 0.469 e. The van der Waals surface area contributed by atoms with Gasteiger partial charge in [-0.25, -0.2) is 0 Å².